The second-order valence-corrected chi connectivity index (χ2v) is 7.53. The van der Waals surface area contributed by atoms with Crippen LogP contribution in [0, 0.1) is 0 Å². The third kappa shape index (κ3) is 3.41. The Hall–Kier alpha value is -1.83. The Morgan fingerprint density at radius 1 is 1.26 bits per heavy atom. The van der Waals surface area contributed by atoms with Gasteiger partial charge in [-0.25, -0.2) is 13.4 Å². The smallest absolute Gasteiger partial charge is 0.244 e. The standard InChI is InChI=1S/C15H15ClN2O4S/c1-18(23(19,20)12-6-7-15(16)17-8-12)9-11-10-21-13-4-2-3-5-14(13)22-11/h2-8,11H,9-10H2,1H3. The monoisotopic (exact) mass is 354 g/mol. The van der Waals surface area contributed by atoms with Crippen LogP contribution in [0.15, 0.2) is 47.5 Å². The molecule has 8 heteroatoms. The highest BCUT2D eigenvalue weighted by Crippen LogP contribution is 2.31. The van der Waals surface area contributed by atoms with Crippen LogP contribution in [0.1, 0.15) is 0 Å². The zero-order chi connectivity index (χ0) is 16.4. The maximum absolute atomic E-state index is 12.5. The summed E-state index contributed by atoms with van der Waals surface area (Å²) in [5.74, 6) is 1.28. The molecule has 0 spiro atoms. The van der Waals surface area contributed by atoms with Crippen molar-refractivity contribution in [2.45, 2.75) is 11.0 Å². The maximum Gasteiger partial charge on any atom is 0.244 e. The Balaban J connectivity index is 1.72. The van der Waals surface area contributed by atoms with Crippen molar-refractivity contribution < 1.29 is 17.9 Å². The number of rotatable bonds is 4. The molecule has 1 aromatic heterocycles. The summed E-state index contributed by atoms with van der Waals surface area (Å²) in [6.45, 7) is 0.453. The van der Waals surface area contributed by atoms with Crippen molar-refractivity contribution in [3.8, 4) is 11.5 Å². The van der Waals surface area contributed by atoms with E-state index in [0.717, 1.165) is 0 Å². The van der Waals surface area contributed by atoms with Gasteiger partial charge in [0.05, 0.1) is 6.54 Å². The van der Waals surface area contributed by atoms with Crippen LogP contribution in [0.4, 0.5) is 0 Å². The highest BCUT2D eigenvalue weighted by molar-refractivity contribution is 7.89. The average molecular weight is 355 g/mol. The molecule has 2 aromatic rings. The number of fused-ring (bicyclic) bond motifs is 1. The van der Waals surface area contributed by atoms with Crippen molar-refractivity contribution in [1.29, 1.82) is 0 Å². The molecule has 0 bridgehead atoms. The first-order chi connectivity index (χ1) is 11.0. The van der Waals surface area contributed by atoms with Crippen molar-refractivity contribution in [1.82, 2.24) is 9.29 Å². The number of pyridine rings is 1. The summed E-state index contributed by atoms with van der Waals surface area (Å²) < 4.78 is 37.6. The van der Waals surface area contributed by atoms with E-state index < -0.39 is 10.0 Å². The predicted octanol–water partition coefficient (Wildman–Crippen LogP) is 2.20. The van der Waals surface area contributed by atoms with Gasteiger partial charge in [-0.15, -0.1) is 0 Å². The zero-order valence-electron chi connectivity index (χ0n) is 12.3. The molecule has 1 aliphatic heterocycles. The number of halogens is 1. The molecule has 3 rings (SSSR count). The Morgan fingerprint density at radius 2 is 2.00 bits per heavy atom. The summed E-state index contributed by atoms with van der Waals surface area (Å²) in [6, 6.07) is 10.2. The van der Waals surface area contributed by atoms with Crippen LogP contribution in [0.5, 0.6) is 11.5 Å². The fourth-order valence-corrected chi connectivity index (χ4v) is 3.49. The van der Waals surface area contributed by atoms with Gasteiger partial charge in [-0.05, 0) is 24.3 Å². The van der Waals surface area contributed by atoms with E-state index in [1.807, 2.05) is 18.2 Å². The third-order valence-corrected chi connectivity index (χ3v) is 5.47. The lowest BCUT2D eigenvalue weighted by atomic mass is 10.2. The van der Waals surface area contributed by atoms with E-state index in [1.165, 1.54) is 29.7 Å². The summed E-state index contributed by atoms with van der Waals surface area (Å²) in [7, 11) is -2.16. The van der Waals surface area contributed by atoms with Gasteiger partial charge in [0, 0.05) is 13.2 Å². The normalized spacial score (nSPS) is 17.3. The summed E-state index contributed by atoms with van der Waals surface area (Å²) in [5, 5.41) is 0.243. The van der Waals surface area contributed by atoms with Crippen molar-refractivity contribution >= 4 is 21.6 Å². The van der Waals surface area contributed by atoms with Crippen LogP contribution in [0.2, 0.25) is 5.15 Å². The molecular weight excluding hydrogens is 340 g/mol. The minimum atomic E-state index is -3.66. The minimum Gasteiger partial charge on any atom is -0.486 e. The van der Waals surface area contributed by atoms with Crippen molar-refractivity contribution in [2.24, 2.45) is 0 Å². The molecule has 0 amide bonds. The molecule has 0 saturated heterocycles. The molecule has 0 N–H and O–H groups in total. The number of sulfonamides is 1. The first kappa shape index (κ1) is 16.0. The second-order valence-electron chi connectivity index (χ2n) is 5.10. The number of benzene rings is 1. The van der Waals surface area contributed by atoms with E-state index in [2.05, 4.69) is 4.98 Å². The Kier molecular flexibility index (Phi) is 4.43. The van der Waals surface area contributed by atoms with Gasteiger partial charge < -0.3 is 9.47 Å². The fourth-order valence-electron chi connectivity index (χ4n) is 2.23. The van der Waals surface area contributed by atoms with Crippen LogP contribution in [-0.4, -0.2) is 44.0 Å². The second kappa shape index (κ2) is 6.35. The van der Waals surface area contributed by atoms with Crippen LogP contribution < -0.4 is 9.47 Å². The van der Waals surface area contributed by atoms with Crippen molar-refractivity contribution in [2.75, 3.05) is 20.2 Å². The third-order valence-electron chi connectivity index (χ3n) is 3.44. The molecule has 1 unspecified atom stereocenters. The van der Waals surface area contributed by atoms with E-state index >= 15 is 0 Å². The number of hydrogen-bond donors (Lipinski definition) is 0. The average Bonchev–Trinajstić information content (AvgIpc) is 2.55. The molecule has 0 saturated carbocycles. The van der Waals surface area contributed by atoms with Crippen LogP contribution in [0.25, 0.3) is 0 Å². The molecule has 2 heterocycles. The summed E-state index contributed by atoms with van der Waals surface area (Å²) in [4.78, 5) is 3.89. The minimum absolute atomic E-state index is 0.0847. The number of ether oxygens (including phenoxy) is 2. The Labute approximate surface area is 139 Å². The number of nitrogens with zero attached hydrogens (tertiary/aromatic N) is 2. The molecule has 1 atom stereocenters. The Morgan fingerprint density at radius 3 is 2.70 bits per heavy atom. The topological polar surface area (TPSA) is 68.7 Å². The van der Waals surface area contributed by atoms with Crippen molar-refractivity contribution in [3.05, 3.63) is 47.7 Å². The van der Waals surface area contributed by atoms with Gasteiger partial charge in [0.1, 0.15) is 22.8 Å². The fraction of sp³-hybridized carbons (Fsp3) is 0.267. The van der Waals surface area contributed by atoms with Crippen molar-refractivity contribution in [3.63, 3.8) is 0 Å². The van der Waals surface area contributed by atoms with E-state index in [1.54, 1.807) is 6.07 Å². The predicted molar refractivity (Wildman–Crippen MR) is 85.4 cm³/mol. The molecule has 6 nitrogen and oxygen atoms in total. The highest BCUT2D eigenvalue weighted by Gasteiger charge is 2.28. The van der Waals surface area contributed by atoms with E-state index in [-0.39, 0.29) is 29.3 Å². The lowest BCUT2D eigenvalue weighted by molar-refractivity contribution is 0.0798. The van der Waals surface area contributed by atoms with E-state index in [9.17, 15) is 8.42 Å². The van der Waals surface area contributed by atoms with Gasteiger partial charge in [-0.2, -0.15) is 4.31 Å². The van der Waals surface area contributed by atoms with Gasteiger partial charge in [-0.3, -0.25) is 0 Å². The van der Waals surface area contributed by atoms with Crippen LogP contribution in [0.3, 0.4) is 0 Å². The SMILES string of the molecule is CN(CC1COc2ccccc2O1)S(=O)(=O)c1ccc(Cl)nc1. The molecule has 23 heavy (non-hydrogen) atoms. The Bertz CT molecular complexity index is 795. The van der Waals surface area contributed by atoms with Gasteiger partial charge >= 0.3 is 0 Å². The summed E-state index contributed by atoms with van der Waals surface area (Å²) in [5.41, 5.74) is 0. The highest BCUT2D eigenvalue weighted by atomic mass is 35.5. The van der Waals surface area contributed by atoms with Gasteiger partial charge in [0.25, 0.3) is 0 Å². The first-order valence-electron chi connectivity index (χ1n) is 6.93. The van der Waals surface area contributed by atoms with Gasteiger partial charge in [0.15, 0.2) is 11.5 Å². The zero-order valence-corrected chi connectivity index (χ0v) is 13.9. The number of aromatic nitrogens is 1. The first-order valence-corrected chi connectivity index (χ1v) is 8.75. The van der Waals surface area contributed by atoms with E-state index in [0.29, 0.717) is 11.5 Å². The van der Waals surface area contributed by atoms with E-state index in [4.69, 9.17) is 21.1 Å². The lowest BCUT2D eigenvalue weighted by Gasteiger charge is -2.29. The summed E-state index contributed by atoms with van der Waals surface area (Å²) in [6.07, 6.45) is 0.853. The molecular formula is C15H15ClN2O4S. The van der Waals surface area contributed by atoms with Crippen LogP contribution >= 0.6 is 11.6 Å². The molecule has 0 aliphatic carbocycles. The number of hydrogen-bond acceptors (Lipinski definition) is 5. The van der Waals surface area contributed by atoms with Gasteiger partial charge in [0.2, 0.25) is 10.0 Å². The maximum atomic E-state index is 12.5. The van der Waals surface area contributed by atoms with Crippen LogP contribution in [-0.2, 0) is 10.0 Å². The molecule has 1 aliphatic rings. The number of likely N-dealkylation sites (N-methyl/N-ethyl adjacent to an activating group) is 1. The molecule has 122 valence electrons. The lowest BCUT2D eigenvalue weighted by Crippen LogP contribution is -2.41. The van der Waals surface area contributed by atoms with Gasteiger partial charge in [-0.1, -0.05) is 23.7 Å². The largest absolute Gasteiger partial charge is 0.486 e. The summed E-state index contributed by atoms with van der Waals surface area (Å²) >= 11 is 5.69. The molecule has 0 fully saturated rings. The quantitative estimate of drug-likeness (QED) is 0.787. The number of para-hydroxylation sites is 2. The molecule has 0 radical (unpaired) electrons. The molecule has 1 aromatic carbocycles.